The molecule has 0 fully saturated rings. The molecule has 1 heterocycles. The third kappa shape index (κ3) is 4.28. The lowest BCUT2D eigenvalue weighted by molar-refractivity contribution is -0.384. The zero-order valence-corrected chi connectivity index (χ0v) is 11.3. The summed E-state index contributed by atoms with van der Waals surface area (Å²) in [5, 5.41) is 13.4. The van der Waals surface area contributed by atoms with Gasteiger partial charge in [0.25, 0.3) is 0 Å². The van der Waals surface area contributed by atoms with E-state index in [4.69, 9.17) is 4.74 Å². The highest BCUT2D eigenvalue weighted by Gasteiger charge is 2.16. The Morgan fingerprint density at radius 1 is 1.67 bits per heavy atom. The fourth-order valence-electron chi connectivity index (χ4n) is 1.13. The summed E-state index contributed by atoms with van der Waals surface area (Å²) in [5.74, 6) is -0.437. The van der Waals surface area contributed by atoms with Crippen molar-refractivity contribution < 1.29 is 14.5 Å². The Morgan fingerprint density at radius 2 is 2.39 bits per heavy atom. The molecule has 0 saturated heterocycles. The van der Waals surface area contributed by atoms with Crippen LogP contribution in [0.4, 0.5) is 11.5 Å². The number of aromatic nitrogens is 1. The van der Waals surface area contributed by atoms with E-state index in [0.717, 1.165) is 6.42 Å². The smallest absolute Gasteiger partial charge is 0.325 e. The maximum Gasteiger partial charge on any atom is 0.325 e. The fraction of sp³-hybridized carbons (Fsp3) is 0.400. The lowest BCUT2D eigenvalue weighted by Crippen LogP contribution is -2.18. The Balaban J connectivity index is 2.67. The number of nitro groups is 1. The number of rotatable bonds is 6. The van der Waals surface area contributed by atoms with Crippen LogP contribution in [-0.2, 0) is 9.53 Å². The van der Waals surface area contributed by atoms with Gasteiger partial charge < -0.3 is 10.1 Å². The topological polar surface area (TPSA) is 94.4 Å². The molecule has 1 aromatic heterocycles. The van der Waals surface area contributed by atoms with Gasteiger partial charge >= 0.3 is 11.7 Å². The van der Waals surface area contributed by atoms with Crippen molar-refractivity contribution in [1.29, 1.82) is 0 Å². The highest BCUT2D eigenvalue weighted by atomic mass is 79.9. The van der Waals surface area contributed by atoms with Crippen LogP contribution < -0.4 is 5.32 Å². The van der Waals surface area contributed by atoms with E-state index in [1.54, 1.807) is 0 Å². The van der Waals surface area contributed by atoms with Crippen LogP contribution in [0, 0.1) is 10.1 Å². The van der Waals surface area contributed by atoms with Crippen LogP contribution in [0.1, 0.15) is 13.3 Å². The number of esters is 1. The molecular formula is C10H12BrN3O4. The van der Waals surface area contributed by atoms with Crippen molar-refractivity contribution in [3.8, 4) is 0 Å². The molecule has 7 nitrogen and oxygen atoms in total. The van der Waals surface area contributed by atoms with Crippen LogP contribution in [-0.4, -0.2) is 29.0 Å². The molecule has 0 amide bonds. The van der Waals surface area contributed by atoms with E-state index in [0.29, 0.717) is 11.1 Å². The summed E-state index contributed by atoms with van der Waals surface area (Å²) >= 11 is 3.09. The van der Waals surface area contributed by atoms with Gasteiger partial charge in [0, 0.05) is 16.7 Å². The SMILES string of the molecule is CCCOC(=O)CNc1ncc(Br)cc1[N+](=O)[O-]. The molecule has 0 unspecified atom stereocenters. The van der Waals surface area contributed by atoms with E-state index in [1.165, 1.54) is 12.3 Å². The normalized spacial score (nSPS) is 9.89. The molecule has 0 aliphatic carbocycles. The predicted octanol–water partition coefficient (Wildman–Crippen LogP) is 2.12. The van der Waals surface area contributed by atoms with Crippen molar-refractivity contribution >= 4 is 33.4 Å². The van der Waals surface area contributed by atoms with Crippen molar-refractivity contribution in [3.63, 3.8) is 0 Å². The number of hydrogen-bond donors (Lipinski definition) is 1. The highest BCUT2D eigenvalue weighted by molar-refractivity contribution is 9.10. The van der Waals surface area contributed by atoms with Crippen LogP contribution in [0.5, 0.6) is 0 Å². The van der Waals surface area contributed by atoms with Gasteiger partial charge in [-0.3, -0.25) is 14.9 Å². The number of anilines is 1. The number of nitrogens with one attached hydrogen (secondary N) is 1. The number of nitrogens with zero attached hydrogens (tertiary/aromatic N) is 2. The Bertz CT molecular complexity index is 453. The fourth-order valence-corrected chi connectivity index (χ4v) is 1.45. The third-order valence-electron chi connectivity index (χ3n) is 1.90. The second kappa shape index (κ2) is 6.90. The molecule has 0 atom stereocenters. The van der Waals surface area contributed by atoms with Crippen molar-refractivity contribution in [2.75, 3.05) is 18.5 Å². The van der Waals surface area contributed by atoms with Crippen LogP contribution in [0.2, 0.25) is 0 Å². The first-order valence-electron chi connectivity index (χ1n) is 5.24. The molecule has 0 aromatic carbocycles. The molecule has 18 heavy (non-hydrogen) atoms. The van der Waals surface area contributed by atoms with Gasteiger partial charge in [0.1, 0.15) is 6.54 Å². The van der Waals surface area contributed by atoms with Crippen LogP contribution in [0.15, 0.2) is 16.7 Å². The van der Waals surface area contributed by atoms with E-state index >= 15 is 0 Å². The summed E-state index contributed by atoms with van der Waals surface area (Å²) in [6.45, 7) is 2.05. The Labute approximate surface area is 112 Å². The maximum atomic E-state index is 11.2. The van der Waals surface area contributed by atoms with Gasteiger partial charge in [0.15, 0.2) is 0 Å². The minimum Gasteiger partial charge on any atom is -0.464 e. The molecule has 0 radical (unpaired) electrons. The van der Waals surface area contributed by atoms with Gasteiger partial charge in [0.05, 0.1) is 11.5 Å². The summed E-state index contributed by atoms with van der Waals surface area (Å²) in [4.78, 5) is 25.3. The van der Waals surface area contributed by atoms with E-state index in [1.807, 2.05) is 6.92 Å². The molecule has 8 heteroatoms. The lowest BCUT2D eigenvalue weighted by Gasteiger charge is -2.06. The first kappa shape index (κ1) is 14.4. The number of carbonyl (C=O) groups excluding carboxylic acids is 1. The van der Waals surface area contributed by atoms with E-state index in [-0.39, 0.29) is 18.1 Å². The molecule has 0 bridgehead atoms. The average Bonchev–Trinajstić information content (AvgIpc) is 2.34. The minimum atomic E-state index is -0.572. The van der Waals surface area contributed by atoms with E-state index in [9.17, 15) is 14.9 Å². The lowest BCUT2D eigenvalue weighted by atomic mass is 10.4. The average molecular weight is 318 g/mol. The first-order valence-corrected chi connectivity index (χ1v) is 6.03. The Kier molecular flexibility index (Phi) is 5.50. The summed E-state index contributed by atoms with van der Waals surface area (Å²) in [7, 11) is 0. The van der Waals surface area contributed by atoms with E-state index in [2.05, 4.69) is 26.2 Å². The second-order valence-electron chi connectivity index (χ2n) is 3.35. The van der Waals surface area contributed by atoms with Crippen LogP contribution in [0.25, 0.3) is 0 Å². The second-order valence-corrected chi connectivity index (χ2v) is 4.27. The minimum absolute atomic E-state index is 0.0386. The third-order valence-corrected chi connectivity index (χ3v) is 2.33. The van der Waals surface area contributed by atoms with Crippen LogP contribution in [0.3, 0.4) is 0 Å². The van der Waals surface area contributed by atoms with Crippen molar-refractivity contribution in [1.82, 2.24) is 4.98 Å². The number of halogens is 1. The molecule has 98 valence electrons. The maximum absolute atomic E-state index is 11.2. The van der Waals surface area contributed by atoms with Gasteiger partial charge in [0.2, 0.25) is 5.82 Å². The molecule has 0 saturated carbocycles. The van der Waals surface area contributed by atoms with E-state index < -0.39 is 10.9 Å². The molecule has 0 spiro atoms. The van der Waals surface area contributed by atoms with Gasteiger partial charge in [-0.25, -0.2) is 4.98 Å². The monoisotopic (exact) mass is 317 g/mol. The first-order chi connectivity index (χ1) is 8.54. The summed E-state index contributed by atoms with van der Waals surface area (Å²) < 4.78 is 5.32. The van der Waals surface area contributed by atoms with Crippen molar-refractivity contribution in [3.05, 3.63) is 26.9 Å². The Morgan fingerprint density at radius 3 is 3.00 bits per heavy atom. The van der Waals surface area contributed by atoms with Crippen LogP contribution >= 0.6 is 15.9 Å². The van der Waals surface area contributed by atoms with Crippen molar-refractivity contribution in [2.45, 2.75) is 13.3 Å². The standard InChI is InChI=1S/C10H12BrN3O4/c1-2-3-18-9(15)6-13-10-8(14(16)17)4-7(11)5-12-10/h4-5H,2-3,6H2,1H3,(H,12,13). The number of carbonyl (C=O) groups is 1. The number of hydrogen-bond acceptors (Lipinski definition) is 6. The zero-order chi connectivity index (χ0) is 13.5. The quantitative estimate of drug-likeness (QED) is 0.490. The molecule has 1 aromatic rings. The molecule has 1 N–H and O–H groups in total. The number of pyridine rings is 1. The summed E-state index contributed by atoms with van der Waals surface area (Å²) in [6.07, 6.45) is 2.13. The number of ether oxygens (including phenoxy) is 1. The summed E-state index contributed by atoms with van der Waals surface area (Å²) in [6, 6.07) is 1.31. The molecular weight excluding hydrogens is 306 g/mol. The van der Waals surface area contributed by atoms with Gasteiger partial charge in [-0.2, -0.15) is 0 Å². The largest absolute Gasteiger partial charge is 0.464 e. The summed E-state index contributed by atoms with van der Waals surface area (Å²) in [5.41, 5.74) is -0.201. The van der Waals surface area contributed by atoms with Gasteiger partial charge in [-0.1, -0.05) is 6.92 Å². The molecule has 0 aliphatic heterocycles. The predicted molar refractivity (Wildman–Crippen MR) is 68.3 cm³/mol. The highest BCUT2D eigenvalue weighted by Crippen LogP contribution is 2.24. The van der Waals surface area contributed by atoms with Gasteiger partial charge in [-0.15, -0.1) is 0 Å². The van der Waals surface area contributed by atoms with Gasteiger partial charge in [-0.05, 0) is 22.4 Å². The van der Waals surface area contributed by atoms with Crippen molar-refractivity contribution in [2.24, 2.45) is 0 Å². The zero-order valence-electron chi connectivity index (χ0n) is 9.68. The molecule has 1 rings (SSSR count). The molecule has 0 aliphatic rings. The Hall–Kier alpha value is -1.70.